The van der Waals surface area contributed by atoms with Gasteiger partial charge in [-0.25, -0.2) is 4.79 Å². The van der Waals surface area contributed by atoms with Crippen LogP contribution in [0.2, 0.25) is 0 Å². The van der Waals surface area contributed by atoms with Crippen LogP contribution in [0, 0.1) is 11.3 Å². The molecule has 4 heteroatoms. The number of nitrogens with zero attached hydrogens (tertiary/aromatic N) is 1. The first kappa shape index (κ1) is 17.3. The van der Waals surface area contributed by atoms with E-state index in [9.17, 15) is 4.79 Å². The molecular weight excluding hydrogens is 302 g/mol. The third kappa shape index (κ3) is 4.99. The SMILES string of the molecule is C=C(C)C(=O)OCCCOc1ccc(-c2ccc(C#N)cc2)cc1. The van der Waals surface area contributed by atoms with E-state index in [1.54, 1.807) is 19.1 Å². The van der Waals surface area contributed by atoms with Crippen molar-refractivity contribution in [1.29, 1.82) is 5.26 Å². The number of nitriles is 1. The first-order chi connectivity index (χ1) is 11.6. The molecule has 0 atom stereocenters. The highest BCUT2D eigenvalue weighted by atomic mass is 16.5. The average molecular weight is 321 g/mol. The summed E-state index contributed by atoms with van der Waals surface area (Å²) in [5.41, 5.74) is 3.15. The van der Waals surface area contributed by atoms with Gasteiger partial charge in [-0.15, -0.1) is 0 Å². The quantitative estimate of drug-likeness (QED) is 0.437. The minimum atomic E-state index is -0.373. The van der Waals surface area contributed by atoms with E-state index in [1.807, 2.05) is 36.4 Å². The fourth-order valence-corrected chi connectivity index (χ4v) is 2.02. The zero-order valence-electron chi connectivity index (χ0n) is 13.6. The Balaban J connectivity index is 1.80. The number of esters is 1. The fraction of sp³-hybridized carbons (Fsp3) is 0.200. The molecule has 0 aliphatic rings. The molecule has 0 saturated heterocycles. The van der Waals surface area contributed by atoms with Crippen molar-refractivity contribution in [2.45, 2.75) is 13.3 Å². The van der Waals surface area contributed by atoms with Crippen molar-refractivity contribution < 1.29 is 14.3 Å². The molecule has 0 unspecified atom stereocenters. The second-order valence-electron chi connectivity index (χ2n) is 5.33. The summed E-state index contributed by atoms with van der Waals surface area (Å²) >= 11 is 0. The summed E-state index contributed by atoms with van der Waals surface area (Å²) in [5, 5.41) is 8.82. The van der Waals surface area contributed by atoms with E-state index in [1.165, 1.54) is 0 Å². The van der Waals surface area contributed by atoms with Crippen molar-refractivity contribution in [1.82, 2.24) is 0 Å². The van der Waals surface area contributed by atoms with Crippen LogP contribution in [-0.4, -0.2) is 19.2 Å². The summed E-state index contributed by atoms with van der Waals surface area (Å²) in [4.78, 5) is 11.2. The molecule has 0 amide bonds. The van der Waals surface area contributed by atoms with Gasteiger partial charge in [0.2, 0.25) is 0 Å². The Kier molecular flexibility index (Phi) is 6.16. The molecule has 0 spiro atoms. The molecule has 122 valence electrons. The van der Waals surface area contributed by atoms with Crippen molar-refractivity contribution in [3.8, 4) is 22.9 Å². The van der Waals surface area contributed by atoms with Crippen molar-refractivity contribution in [2.75, 3.05) is 13.2 Å². The van der Waals surface area contributed by atoms with Crippen molar-refractivity contribution in [3.05, 3.63) is 66.2 Å². The second-order valence-corrected chi connectivity index (χ2v) is 5.33. The van der Waals surface area contributed by atoms with Gasteiger partial charge in [-0.2, -0.15) is 5.26 Å². The number of carbonyl (C=O) groups excluding carboxylic acids is 1. The lowest BCUT2D eigenvalue weighted by Crippen LogP contribution is -2.09. The third-order valence-electron chi connectivity index (χ3n) is 3.34. The predicted molar refractivity (Wildman–Crippen MR) is 92.5 cm³/mol. The molecule has 2 rings (SSSR count). The largest absolute Gasteiger partial charge is 0.493 e. The minimum Gasteiger partial charge on any atom is -0.493 e. The molecule has 0 heterocycles. The molecule has 0 N–H and O–H groups in total. The molecule has 0 fully saturated rings. The van der Waals surface area contributed by atoms with E-state index < -0.39 is 0 Å². The van der Waals surface area contributed by atoms with Crippen molar-refractivity contribution in [3.63, 3.8) is 0 Å². The van der Waals surface area contributed by atoms with E-state index >= 15 is 0 Å². The molecule has 2 aromatic rings. The van der Waals surface area contributed by atoms with Crippen LogP contribution < -0.4 is 4.74 Å². The Hall–Kier alpha value is -3.06. The van der Waals surface area contributed by atoms with Crippen LogP contribution in [0.5, 0.6) is 5.75 Å². The zero-order valence-corrected chi connectivity index (χ0v) is 13.6. The van der Waals surface area contributed by atoms with E-state index in [-0.39, 0.29) is 5.97 Å². The van der Waals surface area contributed by atoms with Crippen LogP contribution in [0.1, 0.15) is 18.9 Å². The van der Waals surface area contributed by atoms with Crippen LogP contribution >= 0.6 is 0 Å². The van der Waals surface area contributed by atoms with Crippen LogP contribution in [0.25, 0.3) is 11.1 Å². The summed E-state index contributed by atoms with van der Waals surface area (Å²) in [6.45, 7) is 5.93. The Labute approximate surface area is 141 Å². The van der Waals surface area contributed by atoms with E-state index in [0.29, 0.717) is 30.8 Å². The topological polar surface area (TPSA) is 59.3 Å². The molecule has 0 bridgehead atoms. The number of rotatable bonds is 7. The molecule has 0 aliphatic carbocycles. The molecule has 2 aromatic carbocycles. The van der Waals surface area contributed by atoms with Crippen LogP contribution in [0.15, 0.2) is 60.7 Å². The maximum Gasteiger partial charge on any atom is 0.333 e. The van der Waals surface area contributed by atoms with Gasteiger partial charge in [0, 0.05) is 12.0 Å². The average Bonchev–Trinajstić information content (AvgIpc) is 2.62. The first-order valence-corrected chi connectivity index (χ1v) is 7.66. The Bertz CT molecular complexity index is 740. The Morgan fingerprint density at radius 1 is 1.04 bits per heavy atom. The van der Waals surface area contributed by atoms with E-state index in [4.69, 9.17) is 14.7 Å². The summed E-state index contributed by atoms with van der Waals surface area (Å²) < 4.78 is 10.6. The van der Waals surface area contributed by atoms with Gasteiger partial charge in [0.25, 0.3) is 0 Å². The normalized spacial score (nSPS) is 9.83. The summed E-state index contributed by atoms with van der Waals surface area (Å²) in [6.07, 6.45) is 0.621. The highest BCUT2D eigenvalue weighted by Crippen LogP contribution is 2.22. The van der Waals surface area contributed by atoms with Gasteiger partial charge in [0.05, 0.1) is 24.8 Å². The van der Waals surface area contributed by atoms with Crippen LogP contribution in [0.4, 0.5) is 0 Å². The lowest BCUT2D eigenvalue weighted by Gasteiger charge is -2.08. The van der Waals surface area contributed by atoms with Crippen LogP contribution in [-0.2, 0) is 9.53 Å². The van der Waals surface area contributed by atoms with Gasteiger partial charge in [-0.1, -0.05) is 30.8 Å². The number of ether oxygens (including phenoxy) is 2. The van der Waals surface area contributed by atoms with Gasteiger partial charge in [0.1, 0.15) is 5.75 Å². The highest BCUT2D eigenvalue weighted by Gasteiger charge is 2.03. The Morgan fingerprint density at radius 3 is 2.17 bits per heavy atom. The van der Waals surface area contributed by atoms with Gasteiger partial charge in [-0.3, -0.25) is 0 Å². The zero-order chi connectivity index (χ0) is 17.4. The molecule has 0 aromatic heterocycles. The molecule has 0 saturated carbocycles. The monoisotopic (exact) mass is 321 g/mol. The third-order valence-corrected chi connectivity index (χ3v) is 3.34. The number of carbonyl (C=O) groups is 1. The standard InChI is InChI=1S/C20H19NO3/c1-15(2)20(22)24-13-3-12-23-19-10-8-18(9-11-19)17-6-4-16(14-21)5-7-17/h4-11H,1,3,12-13H2,2H3. The minimum absolute atomic E-state index is 0.315. The van der Waals surface area contributed by atoms with E-state index in [2.05, 4.69) is 12.6 Å². The first-order valence-electron chi connectivity index (χ1n) is 7.66. The predicted octanol–water partition coefficient (Wildman–Crippen LogP) is 4.11. The molecule has 24 heavy (non-hydrogen) atoms. The molecule has 4 nitrogen and oxygen atoms in total. The number of benzene rings is 2. The Morgan fingerprint density at radius 2 is 1.62 bits per heavy atom. The molecular formula is C20H19NO3. The van der Waals surface area contributed by atoms with Gasteiger partial charge in [0.15, 0.2) is 0 Å². The molecule has 0 radical (unpaired) electrons. The number of hydrogen-bond acceptors (Lipinski definition) is 4. The number of hydrogen-bond donors (Lipinski definition) is 0. The van der Waals surface area contributed by atoms with Gasteiger partial charge >= 0.3 is 5.97 Å². The highest BCUT2D eigenvalue weighted by molar-refractivity contribution is 5.86. The van der Waals surface area contributed by atoms with Crippen LogP contribution in [0.3, 0.4) is 0 Å². The van der Waals surface area contributed by atoms with Gasteiger partial charge < -0.3 is 9.47 Å². The molecule has 0 aliphatic heterocycles. The maximum atomic E-state index is 11.2. The smallest absolute Gasteiger partial charge is 0.333 e. The summed E-state index contributed by atoms with van der Waals surface area (Å²) in [6, 6.07) is 17.3. The van der Waals surface area contributed by atoms with Crippen molar-refractivity contribution in [2.24, 2.45) is 0 Å². The van der Waals surface area contributed by atoms with Crippen molar-refractivity contribution >= 4 is 5.97 Å². The second kappa shape index (κ2) is 8.54. The summed E-state index contributed by atoms with van der Waals surface area (Å²) in [5.74, 6) is 0.389. The van der Waals surface area contributed by atoms with E-state index in [0.717, 1.165) is 16.9 Å². The fourth-order valence-electron chi connectivity index (χ4n) is 2.02. The lowest BCUT2D eigenvalue weighted by atomic mass is 10.0. The maximum absolute atomic E-state index is 11.2. The summed E-state index contributed by atoms with van der Waals surface area (Å²) in [7, 11) is 0. The van der Waals surface area contributed by atoms with Gasteiger partial charge in [-0.05, 0) is 42.3 Å². The lowest BCUT2D eigenvalue weighted by molar-refractivity contribution is -0.139.